The van der Waals surface area contributed by atoms with Crippen molar-refractivity contribution in [3.8, 4) is 0 Å². The van der Waals surface area contributed by atoms with E-state index in [1.807, 2.05) is 0 Å². The van der Waals surface area contributed by atoms with E-state index >= 15 is 0 Å². The molecule has 94 valence electrons. The maximum absolute atomic E-state index is 3.75. The molecule has 2 rings (SSSR count). The van der Waals surface area contributed by atoms with Crippen molar-refractivity contribution in [3.63, 3.8) is 0 Å². The minimum Gasteiger partial charge on any atom is -0.313 e. The fourth-order valence-corrected chi connectivity index (χ4v) is 3.31. The van der Waals surface area contributed by atoms with E-state index in [9.17, 15) is 0 Å². The Bertz CT molecular complexity index is 189. The van der Waals surface area contributed by atoms with Gasteiger partial charge in [-0.3, -0.25) is 0 Å². The predicted molar refractivity (Wildman–Crippen MR) is 69.7 cm³/mol. The number of hydrogen-bond donors (Lipinski definition) is 1. The molecule has 0 spiro atoms. The van der Waals surface area contributed by atoms with E-state index in [4.69, 9.17) is 0 Å². The second-order valence-electron chi connectivity index (χ2n) is 5.97. The Morgan fingerprint density at radius 2 is 1.94 bits per heavy atom. The third-order valence-electron chi connectivity index (χ3n) is 4.60. The van der Waals surface area contributed by atoms with Crippen LogP contribution in [0.4, 0.5) is 0 Å². The molecule has 2 fully saturated rings. The zero-order valence-electron chi connectivity index (χ0n) is 11.0. The Kier molecular flexibility index (Phi) is 4.66. The number of hydrogen-bond acceptors (Lipinski definition) is 2. The van der Waals surface area contributed by atoms with E-state index in [1.54, 1.807) is 0 Å². The van der Waals surface area contributed by atoms with Gasteiger partial charge < -0.3 is 10.2 Å². The average Bonchev–Trinajstić information content (AvgIpc) is 2.60. The molecule has 0 amide bonds. The van der Waals surface area contributed by atoms with Crippen molar-refractivity contribution in [2.24, 2.45) is 5.92 Å². The van der Waals surface area contributed by atoms with Crippen LogP contribution in [0.2, 0.25) is 0 Å². The van der Waals surface area contributed by atoms with Crippen LogP contribution in [-0.4, -0.2) is 37.1 Å². The van der Waals surface area contributed by atoms with Gasteiger partial charge in [0.1, 0.15) is 0 Å². The van der Waals surface area contributed by atoms with Crippen molar-refractivity contribution in [2.75, 3.05) is 20.1 Å². The standard InChI is InChI=1S/C14H28N2/c1-12-10-14(11-16(12)2)15-9-8-13-6-4-3-5-7-13/h12-15H,3-11H2,1-2H3. The smallest absolute Gasteiger partial charge is 0.0209 e. The molecule has 2 unspecified atom stereocenters. The van der Waals surface area contributed by atoms with Gasteiger partial charge in [-0.1, -0.05) is 32.1 Å². The lowest BCUT2D eigenvalue weighted by atomic mass is 9.87. The molecule has 1 N–H and O–H groups in total. The molecule has 1 saturated heterocycles. The van der Waals surface area contributed by atoms with Crippen LogP contribution in [0.3, 0.4) is 0 Å². The summed E-state index contributed by atoms with van der Waals surface area (Å²) < 4.78 is 0. The molecule has 0 aromatic carbocycles. The van der Waals surface area contributed by atoms with Crippen molar-refractivity contribution >= 4 is 0 Å². The summed E-state index contributed by atoms with van der Waals surface area (Å²) in [6, 6.07) is 1.52. The van der Waals surface area contributed by atoms with Gasteiger partial charge >= 0.3 is 0 Å². The molecule has 2 heteroatoms. The fraction of sp³-hybridized carbons (Fsp3) is 1.00. The van der Waals surface area contributed by atoms with Crippen LogP contribution < -0.4 is 5.32 Å². The van der Waals surface area contributed by atoms with Crippen molar-refractivity contribution in [1.82, 2.24) is 10.2 Å². The Morgan fingerprint density at radius 3 is 2.56 bits per heavy atom. The van der Waals surface area contributed by atoms with Gasteiger partial charge in [-0.25, -0.2) is 0 Å². The predicted octanol–water partition coefficient (Wildman–Crippen LogP) is 2.64. The molecule has 1 aliphatic heterocycles. The normalized spacial score (nSPS) is 33.4. The minimum absolute atomic E-state index is 0.753. The number of likely N-dealkylation sites (N-methyl/N-ethyl adjacent to an activating group) is 1. The summed E-state index contributed by atoms with van der Waals surface area (Å²) in [4.78, 5) is 2.47. The topological polar surface area (TPSA) is 15.3 Å². The van der Waals surface area contributed by atoms with Crippen LogP contribution in [0.1, 0.15) is 51.9 Å². The maximum atomic E-state index is 3.75. The zero-order chi connectivity index (χ0) is 11.4. The Labute approximate surface area is 101 Å². The second kappa shape index (κ2) is 6.02. The maximum Gasteiger partial charge on any atom is 0.0209 e. The van der Waals surface area contributed by atoms with Gasteiger partial charge in [0, 0.05) is 18.6 Å². The molecule has 2 atom stereocenters. The van der Waals surface area contributed by atoms with Crippen LogP contribution >= 0.6 is 0 Å². The third kappa shape index (κ3) is 3.46. The van der Waals surface area contributed by atoms with Gasteiger partial charge in [0.2, 0.25) is 0 Å². The van der Waals surface area contributed by atoms with Gasteiger partial charge in [-0.2, -0.15) is 0 Å². The molecule has 0 aromatic rings. The first-order valence-electron chi connectivity index (χ1n) is 7.19. The van der Waals surface area contributed by atoms with Gasteiger partial charge in [-0.05, 0) is 39.3 Å². The van der Waals surface area contributed by atoms with Gasteiger partial charge in [0.25, 0.3) is 0 Å². The molecule has 0 bridgehead atoms. The summed E-state index contributed by atoms with van der Waals surface area (Å²) in [5.74, 6) is 1.03. The molecule has 0 radical (unpaired) electrons. The van der Waals surface area contributed by atoms with E-state index < -0.39 is 0 Å². The highest BCUT2D eigenvalue weighted by Crippen LogP contribution is 2.26. The number of likely N-dealkylation sites (tertiary alicyclic amines) is 1. The Hall–Kier alpha value is -0.0800. The average molecular weight is 224 g/mol. The van der Waals surface area contributed by atoms with Crippen molar-refractivity contribution in [3.05, 3.63) is 0 Å². The fourth-order valence-electron chi connectivity index (χ4n) is 3.31. The van der Waals surface area contributed by atoms with Gasteiger partial charge in [0.05, 0.1) is 0 Å². The summed E-state index contributed by atoms with van der Waals surface area (Å²) in [6.07, 6.45) is 10.2. The minimum atomic E-state index is 0.753. The summed E-state index contributed by atoms with van der Waals surface area (Å²) in [6.45, 7) is 4.82. The third-order valence-corrected chi connectivity index (χ3v) is 4.60. The van der Waals surface area contributed by atoms with Gasteiger partial charge in [-0.15, -0.1) is 0 Å². The van der Waals surface area contributed by atoms with E-state index in [0.29, 0.717) is 0 Å². The SMILES string of the molecule is CC1CC(NCCC2CCCCC2)CN1C. The summed E-state index contributed by atoms with van der Waals surface area (Å²) in [5.41, 5.74) is 0. The highest BCUT2D eigenvalue weighted by Gasteiger charge is 2.25. The Morgan fingerprint density at radius 1 is 1.19 bits per heavy atom. The second-order valence-corrected chi connectivity index (χ2v) is 5.97. The summed E-state index contributed by atoms with van der Waals surface area (Å²) in [5, 5.41) is 3.75. The Balaban J connectivity index is 1.57. The zero-order valence-corrected chi connectivity index (χ0v) is 11.0. The van der Waals surface area contributed by atoms with Crippen LogP contribution in [0, 0.1) is 5.92 Å². The lowest BCUT2D eigenvalue weighted by molar-refractivity contribution is 0.318. The van der Waals surface area contributed by atoms with E-state index in [1.165, 1.54) is 58.0 Å². The molecule has 2 aliphatic rings. The molecule has 1 saturated carbocycles. The molecular formula is C14H28N2. The first-order chi connectivity index (χ1) is 7.75. The van der Waals surface area contributed by atoms with Crippen LogP contribution in [-0.2, 0) is 0 Å². The molecule has 0 aromatic heterocycles. The van der Waals surface area contributed by atoms with Crippen molar-refractivity contribution < 1.29 is 0 Å². The molecule has 16 heavy (non-hydrogen) atoms. The number of nitrogens with one attached hydrogen (secondary N) is 1. The van der Waals surface area contributed by atoms with E-state index in [-0.39, 0.29) is 0 Å². The number of nitrogens with zero attached hydrogens (tertiary/aromatic N) is 1. The molecular weight excluding hydrogens is 196 g/mol. The van der Waals surface area contributed by atoms with Crippen molar-refractivity contribution in [2.45, 2.75) is 64.0 Å². The van der Waals surface area contributed by atoms with Crippen molar-refractivity contribution in [1.29, 1.82) is 0 Å². The van der Waals surface area contributed by atoms with E-state index in [2.05, 4.69) is 24.2 Å². The lowest BCUT2D eigenvalue weighted by Crippen LogP contribution is -2.33. The van der Waals surface area contributed by atoms with Crippen LogP contribution in [0.25, 0.3) is 0 Å². The summed E-state index contributed by atoms with van der Waals surface area (Å²) in [7, 11) is 2.24. The first-order valence-corrected chi connectivity index (χ1v) is 7.19. The number of rotatable bonds is 4. The lowest BCUT2D eigenvalue weighted by Gasteiger charge is -2.22. The summed E-state index contributed by atoms with van der Waals surface area (Å²) >= 11 is 0. The first kappa shape index (κ1) is 12.4. The highest BCUT2D eigenvalue weighted by atomic mass is 15.2. The quantitative estimate of drug-likeness (QED) is 0.790. The molecule has 1 aliphatic carbocycles. The largest absolute Gasteiger partial charge is 0.313 e. The van der Waals surface area contributed by atoms with E-state index in [0.717, 1.165) is 18.0 Å². The van der Waals surface area contributed by atoms with Crippen LogP contribution in [0.15, 0.2) is 0 Å². The monoisotopic (exact) mass is 224 g/mol. The molecule has 2 nitrogen and oxygen atoms in total. The highest BCUT2D eigenvalue weighted by molar-refractivity contribution is 4.85. The van der Waals surface area contributed by atoms with Gasteiger partial charge in [0.15, 0.2) is 0 Å². The van der Waals surface area contributed by atoms with Crippen LogP contribution in [0.5, 0.6) is 0 Å². The molecule has 1 heterocycles.